The predicted molar refractivity (Wildman–Crippen MR) is 61.4 cm³/mol. The van der Waals surface area contributed by atoms with Gasteiger partial charge in [-0.15, -0.1) is 11.3 Å². The van der Waals surface area contributed by atoms with E-state index in [-0.39, 0.29) is 0 Å². The first kappa shape index (κ1) is 10.8. The molecule has 1 aliphatic heterocycles. The summed E-state index contributed by atoms with van der Waals surface area (Å²) in [5, 5.41) is 1.21. The van der Waals surface area contributed by atoms with Crippen LogP contribution in [0.1, 0.15) is 29.1 Å². The number of thiazole rings is 1. The van der Waals surface area contributed by atoms with Crippen LogP contribution in [0.5, 0.6) is 0 Å². The maximum absolute atomic E-state index is 10.4. The summed E-state index contributed by atoms with van der Waals surface area (Å²) < 4.78 is 0. The van der Waals surface area contributed by atoms with Gasteiger partial charge in [-0.2, -0.15) is 0 Å². The molecule has 2 rings (SSSR count). The summed E-state index contributed by atoms with van der Waals surface area (Å²) in [6, 6.07) is 0. The lowest BCUT2D eigenvalue weighted by atomic mass is 10.1. The Balaban J connectivity index is 2.00. The van der Waals surface area contributed by atoms with E-state index < -0.39 is 0 Å². The molecule has 0 saturated carbocycles. The number of aromatic nitrogens is 1. The van der Waals surface area contributed by atoms with Crippen molar-refractivity contribution in [3.8, 4) is 0 Å². The lowest BCUT2D eigenvalue weighted by Crippen LogP contribution is -2.19. The molecule has 1 atom stereocenters. The van der Waals surface area contributed by atoms with Crippen LogP contribution in [0.15, 0.2) is 6.20 Å². The standard InChI is InChI=1S/C11H16N2OS/c1-2-13-5-3-9(8-13)11-12-7-10(15-11)4-6-14/h6-7,9H,2-5,8H2,1H3. The second-order valence-electron chi connectivity index (χ2n) is 3.91. The summed E-state index contributed by atoms with van der Waals surface area (Å²) in [6.45, 7) is 5.64. The Hall–Kier alpha value is -0.740. The molecule has 1 saturated heterocycles. The van der Waals surface area contributed by atoms with Gasteiger partial charge in [0.15, 0.2) is 0 Å². The van der Waals surface area contributed by atoms with Crippen LogP contribution >= 0.6 is 11.3 Å². The molecule has 2 heterocycles. The van der Waals surface area contributed by atoms with Crippen molar-refractivity contribution in [1.82, 2.24) is 9.88 Å². The molecular weight excluding hydrogens is 208 g/mol. The number of rotatable bonds is 4. The number of carbonyl (C=O) groups excluding carboxylic acids is 1. The average molecular weight is 224 g/mol. The first-order valence-electron chi connectivity index (χ1n) is 5.44. The van der Waals surface area contributed by atoms with Crippen LogP contribution in [0, 0.1) is 0 Å². The molecule has 4 heteroatoms. The van der Waals surface area contributed by atoms with Crippen molar-refractivity contribution in [2.24, 2.45) is 0 Å². The maximum Gasteiger partial charge on any atom is 0.125 e. The highest BCUT2D eigenvalue weighted by Crippen LogP contribution is 2.29. The molecule has 0 aliphatic carbocycles. The molecule has 0 amide bonds. The Morgan fingerprint density at radius 2 is 2.60 bits per heavy atom. The molecule has 1 fully saturated rings. The van der Waals surface area contributed by atoms with E-state index in [0.717, 1.165) is 24.3 Å². The summed E-state index contributed by atoms with van der Waals surface area (Å²) in [5.41, 5.74) is 0. The number of hydrogen-bond acceptors (Lipinski definition) is 4. The van der Waals surface area contributed by atoms with Crippen LogP contribution in [0.25, 0.3) is 0 Å². The number of aldehydes is 1. The molecular formula is C11H16N2OS. The Morgan fingerprint density at radius 1 is 1.73 bits per heavy atom. The topological polar surface area (TPSA) is 33.2 Å². The second kappa shape index (κ2) is 4.86. The van der Waals surface area contributed by atoms with Gasteiger partial charge in [0.05, 0.1) is 5.01 Å². The summed E-state index contributed by atoms with van der Waals surface area (Å²) in [7, 11) is 0. The molecule has 0 spiro atoms. The van der Waals surface area contributed by atoms with Gasteiger partial charge in [0.25, 0.3) is 0 Å². The first-order valence-corrected chi connectivity index (χ1v) is 6.25. The largest absolute Gasteiger partial charge is 0.303 e. The third-order valence-corrected chi connectivity index (χ3v) is 4.11. The summed E-state index contributed by atoms with van der Waals surface area (Å²) >= 11 is 1.70. The molecule has 1 aromatic heterocycles. The van der Waals surface area contributed by atoms with Gasteiger partial charge in [-0.25, -0.2) is 4.98 Å². The van der Waals surface area contributed by atoms with Crippen molar-refractivity contribution in [3.63, 3.8) is 0 Å². The van der Waals surface area contributed by atoms with Crippen molar-refractivity contribution in [1.29, 1.82) is 0 Å². The zero-order chi connectivity index (χ0) is 10.7. The van der Waals surface area contributed by atoms with Gasteiger partial charge in [0, 0.05) is 30.0 Å². The third kappa shape index (κ3) is 2.44. The van der Waals surface area contributed by atoms with Gasteiger partial charge in [0.1, 0.15) is 6.29 Å². The van der Waals surface area contributed by atoms with Gasteiger partial charge in [-0.05, 0) is 19.5 Å². The lowest BCUT2D eigenvalue weighted by Gasteiger charge is -2.11. The number of carbonyl (C=O) groups is 1. The maximum atomic E-state index is 10.4. The summed E-state index contributed by atoms with van der Waals surface area (Å²) in [5.74, 6) is 0.593. The fourth-order valence-electron chi connectivity index (χ4n) is 2.01. The average Bonchev–Trinajstić information content (AvgIpc) is 2.85. The first-order chi connectivity index (χ1) is 7.33. The molecule has 0 radical (unpaired) electrons. The van der Waals surface area contributed by atoms with E-state index in [1.165, 1.54) is 18.0 Å². The highest BCUT2D eigenvalue weighted by atomic mass is 32.1. The van der Waals surface area contributed by atoms with Crippen LogP contribution in [0.3, 0.4) is 0 Å². The van der Waals surface area contributed by atoms with Crippen molar-refractivity contribution in [2.75, 3.05) is 19.6 Å². The van der Waals surface area contributed by atoms with Gasteiger partial charge >= 0.3 is 0 Å². The minimum atomic E-state index is 0.516. The predicted octanol–water partition coefficient (Wildman–Crippen LogP) is 1.69. The van der Waals surface area contributed by atoms with E-state index in [1.807, 2.05) is 6.20 Å². The van der Waals surface area contributed by atoms with E-state index in [4.69, 9.17) is 0 Å². The van der Waals surface area contributed by atoms with E-state index in [0.29, 0.717) is 12.3 Å². The van der Waals surface area contributed by atoms with Crippen LogP contribution < -0.4 is 0 Å². The zero-order valence-electron chi connectivity index (χ0n) is 8.98. The molecule has 82 valence electrons. The highest BCUT2D eigenvalue weighted by Gasteiger charge is 2.24. The van der Waals surface area contributed by atoms with Crippen molar-refractivity contribution < 1.29 is 4.79 Å². The molecule has 0 N–H and O–H groups in total. The molecule has 3 nitrogen and oxygen atoms in total. The fourth-order valence-corrected chi connectivity index (χ4v) is 3.00. The quantitative estimate of drug-likeness (QED) is 0.730. The number of hydrogen-bond donors (Lipinski definition) is 0. The highest BCUT2D eigenvalue weighted by molar-refractivity contribution is 7.11. The van der Waals surface area contributed by atoms with Crippen LogP contribution in [0.2, 0.25) is 0 Å². The van der Waals surface area contributed by atoms with Crippen LogP contribution in [-0.2, 0) is 11.2 Å². The zero-order valence-corrected chi connectivity index (χ0v) is 9.80. The number of likely N-dealkylation sites (N-methyl/N-ethyl adjacent to an activating group) is 1. The normalized spacial score (nSPS) is 22.1. The lowest BCUT2D eigenvalue weighted by molar-refractivity contribution is -0.107. The Morgan fingerprint density at radius 3 is 3.27 bits per heavy atom. The Kier molecular flexibility index (Phi) is 3.49. The molecule has 15 heavy (non-hydrogen) atoms. The van der Waals surface area contributed by atoms with E-state index in [2.05, 4.69) is 16.8 Å². The van der Waals surface area contributed by atoms with Crippen molar-refractivity contribution >= 4 is 17.6 Å². The minimum Gasteiger partial charge on any atom is -0.303 e. The van der Waals surface area contributed by atoms with E-state index in [1.54, 1.807) is 11.3 Å². The molecule has 0 aromatic carbocycles. The Labute approximate surface area is 94.1 Å². The van der Waals surface area contributed by atoms with E-state index in [9.17, 15) is 4.79 Å². The third-order valence-electron chi connectivity index (χ3n) is 2.92. The molecule has 1 aromatic rings. The van der Waals surface area contributed by atoms with Crippen LogP contribution in [0.4, 0.5) is 0 Å². The smallest absolute Gasteiger partial charge is 0.125 e. The summed E-state index contributed by atoms with van der Waals surface area (Å²) in [4.78, 5) is 18.3. The SMILES string of the molecule is CCN1CCC(c2ncc(CC=O)s2)C1. The fraction of sp³-hybridized carbons (Fsp3) is 0.636. The van der Waals surface area contributed by atoms with Crippen molar-refractivity contribution in [3.05, 3.63) is 16.1 Å². The number of likely N-dealkylation sites (tertiary alicyclic amines) is 1. The number of nitrogens with zero attached hydrogens (tertiary/aromatic N) is 2. The second-order valence-corrected chi connectivity index (χ2v) is 5.06. The molecule has 1 aliphatic rings. The van der Waals surface area contributed by atoms with Gasteiger partial charge < -0.3 is 9.69 Å². The molecule has 1 unspecified atom stereocenters. The van der Waals surface area contributed by atoms with E-state index >= 15 is 0 Å². The monoisotopic (exact) mass is 224 g/mol. The minimum absolute atomic E-state index is 0.516. The Bertz CT molecular complexity index is 337. The van der Waals surface area contributed by atoms with Gasteiger partial charge in [-0.3, -0.25) is 0 Å². The van der Waals surface area contributed by atoms with Crippen molar-refractivity contribution in [2.45, 2.75) is 25.7 Å². The van der Waals surface area contributed by atoms with Gasteiger partial charge in [-0.1, -0.05) is 6.92 Å². The van der Waals surface area contributed by atoms with Gasteiger partial charge in [0.2, 0.25) is 0 Å². The summed E-state index contributed by atoms with van der Waals surface area (Å²) in [6.07, 6.45) is 4.52. The molecule has 0 bridgehead atoms. The van der Waals surface area contributed by atoms with Crippen LogP contribution in [-0.4, -0.2) is 35.8 Å².